The molecule has 0 aliphatic carbocycles. The Morgan fingerprint density at radius 1 is 1.11 bits per heavy atom. The molecule has 1 aliphatic heterocycles. The van der Waals surface area contributed by atoms with E-state index in [1.165, 1.54) is 18.6 Å². The lowest BCUT2D eigenvalue weighted by atomic mass is 10.0. The first kappa shape index (κ1) is 13.7. The van der Waals surface area contributed by atoms with E-state index in [4.69, 9.17) is 11.6 Å². The minimum atomic E-state index is -4.34. The fourth-order valence-electron chi connectivity index (χ4n) is 2.31. The van der Waals surface area contributed by atoms with Crippen molar-refractivity contribution in [2.24, 2.45) is 0 Å². The highest BCUT2D eigenvalue weighted by atomic mass is 35.5. The number of alkyl halides is 3. The Morgan fingerprint density at radius 2 is 1.78 bits per heavy atom. The molecule has 0 spiro atoms. The maximum Gasteiger partial charge on any atom is 0.416 e. The molecule has 0 unspecified atom stereocenters. The Balaban J connectivity index is 2.21. The maximum absolute atomic E-state index is 12.9. The van der Waals surface area contributed by atoms with E-state index in [0.717, 1.165) is 32.0 Å². The highest BCUT2D eigenvalue weighted by Gasteiger charge is 2.33. The predicted molar refractivity (Wildman–Crippen MR) is 65.6 cm³/mol. The molecule has 0 atom stereocenters. The van der Waals surface area contributed by atoms with Crippen molar-refractivity contribution in [3.63, 3.8) is 0 Å². The second-order valence-electron chi connectivity index (χ2n) is 4.64. The summed E-state index contributed by atoms with van der Waals surface area (Å²) in [6.07, 6.45) is -1.04. The lowest BCUT2D eigenvalue weighted by Crippen LogP contribution is -2.30. The summed E-state index contributed by atoms with van der Waals surface area (Å²) in [5.74, 6) is 0. The Bertz CT molecular complexity index is 411. The van der Waals surface area contributed by atoms with E-state index in [2.05, 4.69) is 4.90 Å². The molecular formula is C13H15ClF3N. The second kappa shape index (κ2) is 5.49. The first-order valence-electron chi connectivity index (χ1n) is 6.05. The van der Waals surface area contributed by atoms with Crippen LogP contribution in [0.5, 0.6) is 0 Å². The van der Waals surface area contributed by atoms with Gasteiger partial charge in [0.05, 0.1) is 5.56 Å². The zero-order chi connectivity index (χ0) is 13.2. The summed E-state index contributed by atoms with van der Waals surface area (Å²) in [5, 5.41) is 0.129. The third-order valence-corrected chi connectivity index (χ3v) is 3.46. The summed E-state index contributed by atoms with van der Waals surface area (Å²) < 4.78 is 38.7. The van der Waals surface area contributed by atoms with Crippen LogP contribution in [-0.2, 0) is 12.7 Å². The molecule has 0 amide bonds. The first-order chi connectivity index (χ1) is 8.47. The van der Waals surface area contributed by atoms with Crippen LogP contribution in [0.15, 0.2) is 18.2 Å². The molecule has 0 bridgehead atoms. The Morgan fingerprint density at radius 3 is 2.39 bits per heavy atom. The van der Waals surface area contributed by atoms with Crippen LogP contribution in [-0.4, -0.2) is 18.0 Å². The largest absolute Gasteiger partial charge is 0.416 e. The zero-order valence-corrected chi connectivity index (χ0v) is 10.7. The van der Waals surface area contributed by atoms with Gasteiger partial charge in [0.1, 0.15) is 0 Å². The normalized spacial score (nSPS) is 18.0. The van der Waals surface area contributed by atoms with Gasteiger partial charge in [0.15, 0.2) is 0 Å². The van der Waals surface area contributed by atoms with Gasteiger partial charge in [-0.1, -0.05) is 24.1 Å². The Kier molecular flexibility index (Phi) is 4.17. The smallest absolute Gasteiger partial charge is 0.299 e. The van der Waals surface area contributed by atoms with E-state index in [1.807, 2.05) is 0 Å². The molecule has 1 aliphatic rings. The third kappa shape index (κ3) is 3.39. The van der Waals surface area contributed by atoms with Gasteiger partial charge in [-0.25, -0.2) is 0 Å². The van der Waals surface area contributed by atoms with E-state index in [0.29, 0.717) is 12.1 Å². The molecule has 1 heterocycles. The van der Waals surface area contributed by atoms with E-state index in [1.54, 1.807) is 0 Å². The summed E-state index contributed by atoms with van der Waals surface area (Å²) in [6, 6.07) is 4.02. The third-order valence-electron chi connectivity index (χ3n) is 3.22. The molecule has 2 rings (SSSR count). The minimum Gasteiger partial charge on any atom is -0.299 e. The minimum absolute atomic E-state index is 0.129. The van der Waals surface area contributed by atoms with Gasteiger partial charge >= 0.3 is 6.18 Å². The molecule has 0 N–H and O–H groups in total. The number of piperidine rings is 1. The summed E-state index contributed by atoms with van der Waals surface area (Å²) in [6.45, 7) is 2.10. The predicted octanol–water partition coefficient (Wildman–Crippen LogP) is 4.34. The van der Waals surface area contributed by atoms with Gasteiger partial charge in [-0.05, 0) is 43.6 Å². The molecule has 1 aromatic rings. The molecule has 1 nitrogen and oxygen atoms in total. The summed E-state index contributed by atoms with van der Waals surface area (Å²) in [7, 11) is 0. The van der Waals surface area contributed by atoms with Crippen LogP contribution in [0, 0.1) is 0 Å². The van der Waals surface area contributed by atoms with Gasteiger partial charge in [-0.15, -0.1) is 0 Å². The molecule has 100 valence electrons. The topological polar surface area (TPSA) is 3.24 Å². The van der Waals surface area contributed by atoms with Crippen molar-refractivity contribution in [3.05, 3.63) is 34.3 Å². The van der Waals surface area contributed by atoms with Crippen LogP contribution in [0.25, 0.3) is 0 Å². The van der Waals surface area contributed by atoms with E-state index in [9.17, 15) is 13.2 Å². The van der Waals surface area contributed by atoms with Crippen LogP contribution in [0.1, 0.15) is 30.4 Å². The van der Waals surface area contributed by atoms with Gasteiger partial charge in [0.25, 0.3) is 0 Å². The Labute approximate surface area is 110 Å². The molecule has 0 radical (unpaired) electrons. The van der Waals surface area contributed by atoms with Crippen molar-refractivity contribution in [1.29, 1.82) is 0 Å². The first-order valence-corrected chi connectivity index (χ1v) is 6.42. The maximum atomic E-state index is 12.9. The lowest BCUT2D eigenvalue weighted by Gasteiger charge is -2.27. The number of likely N-dealkylation sites (tertiary alicyclic amines) is 1. The van der Waals surface area contributed by atoms with Crippen molar-refractivity contribution in [2.45, 2.75) is 32.0 Å². The number of benzene rings is 1. The van der Waals surface area contributed by atoms with Crippen LogP contribution < -0.4 is 0 Å². The van der Waals surface area contributed by atoms with Gasteiger partial charge in [-0.2, -0.15) is 13.2 Å². The number of rotatable bonds is 2. The van der Waals surface area contributed by atoms with E-state index in [-0.39, 0.29) is 5.02 Å². The molecule has 0 saturated carbocycles. The summed E-state index contributed by atoms with van der Waals surface area (Å²) in [4.78, 5) is 2.07. The number of hydrogen-bond donors (Lipinski definition) is 0. The standard InChI is InChI=1S/C13H15ClF3N/c14-11-5-4-10(12(8-11)13(15,16)17)9-18-6-2-1-3-7-18/h4-5,8H,1-3,6-7,9H2. The quantitative estimate of drug-likeness (QED) is 0.777. The van der Waals surface area contributed by atoms with Crippen LogP contribution >= 0.6 is 11.6 Å². The van der Waals surface area contributed by atoms with Crippen molar-refractivity contribution in [2.75, 3.05) is 13.1 Å². The van der Waals surface area contributed by atoms with Gasteiger partial charge in [-0.3, -0.25) is 4.90 Å². The lowest BCUT2D eigenvalue weighted by molar-refractivity contribution is -0.138. The van der Waals surface area contributed by atoms with Crippen molar-refractivity contribution in [3.8, 4) is 0 Å². The van der Waals surface area contributed by atoms with Gasteiger partial charge < -0.3 is 0 Å². The number of halogens is 4. The molecule has 18 heavy (non-hydrogen) atoms. The van der Waals surface area contributed by atoms with Crippen LogP contribution in [0.4, 0.5) is 13.2 Å². The van der Waals surface area contributed by atoms with Crippen LogP contribution in [0.2, 0.25) is 5.02 Å². The molecule has 1 fully saturated rings. The highest BCUT2D eigenvalue weighted by molar-refractivity contribution is 6.30. The average molecular weight is 278 g/mol. The number of hydrogen-bond acceptors (Lipinski definition) is 1. The highest BCUT2D eigenvalue weighted by Crippen LogP contribution is 2.34. The SMILES string of the molecule is FC(F)(F)c1cc(Cl)ccc1CN1CCCCC1. The summed E-state index contributed by atoms with van der Waals surface area (Å²) in [5.41, 5.74) is -0.297. The zero-order valence-electron chi connectivity index (χ0n) is 9.93. The van der Waals surface area contributed by atoms with Gasteiger partial charge in [0.2, 0.25) is 0 Å². The van der Waals surface area contributed by atoms with Crippen LogP contribution in [0.3, 0.4) is 0 Å². The molecular weight excluding hydrogens is 263 g/mol. The molecule has 5 heteroatoms. The average Bonchev–Trinajstić information content (AvgIpc) is 2.31. The molecule has 1 aromatic carbocycles. The monoisotopic (exact) mass is 277 g/mol. The number of nitrogens with zero attached hydrogens (tertiary/aromatic N) is 1. The van der Waals surface area contributed by atoms with Crippen molar-refractivity contribution in [1.82, 2.24) is 4.90 Å². The molecule has 1 saturated heterocycles. The molecule has 0 aromatic heterocycles. The Hall–Kier alpha value is -0.740. The van der Waals surface area contributed by atoms with Crippen molar-refractivity contribution >= 4 is 11.6 Å². The fraction of sp³-hybridized carbons (Fsp3) is 0.538. The van der Waals surface area contributed by atoms with E-state index >= 15 is 0 Å². The fourth-order valence-corrected chi connectivity index (χ4v) is 2.48. The van der Waals surface area contributed by atoms with E-state index < -0.39 is 11.7 Å². The summed E-state index contributed by atoms with van der Waals surface area (Å²) >= 11 is 5.65. The van der Waals surface area contributed by atoms with Gasteiger partial charge in [0, 0.05) is 11.6 Å². The van der Waals surface area contributed by atoms with Crippen molar-refractivity contribution < 1.29 is 13.2 Å². The second-order valence-corrected chi connectivity index (χ2v) is 5.07.